The molecule has 0 radical (unpaired) electrons. The highest BCUT2D eigenvalue weighted by molar-refractivity contribution is 8.06. The van der Waals surface area contributed by atoms with Gasteiger partial charge in [-0.1, -0.05) is 0 Å². The van der Waals surface area contributed by atoms with Gasteiger partial charge in [0.25, 0.3) is 11.5 Å². The van der Waals surface area contributed by atoms with Gasteiger partial charge in [0.05, 0.1) is 12.0 Å². The van der Waals surface area contributed by atoms with Gasteiger partial charge in [0.15, 0.2) is 0 Å². The molecular weight excluding hydrogens is 276 g/mol. The number of nitrogens with zero attached hydrogens (tertiary/aromatic N) is 2. The molecule has 2 rings (SSSR count). The quantitative estimate of drug-likeness (QED) is 0.870. The first-order valence-electron chi connectivity index (χ1n) is 5.79. The third-order valence-corrected chi connectivity index (χ3v) is 4.45. The van der Waals surface area contributed by atoms with E-state index in [1.54, 1.807) is 6.92 Å². The molecule has 106 valence electrons. The number of nitrogens with one attached hydrogen (secondary N) is 1. The Kier molecular flexibility index (Phi) is 3.82. The highest BCUT2D eigenvalue weighted by Crippen LogP contribution is 2.34. The van der Waals surface area contributed by atoms with Gasteiger partial charge in [-0.25, -0.2) is 8.78 Å². The van der Waals surface area contributed by atoms with Crippen molar-refractivity contribution in [2.45, 2.75) is 44.5 Å². The summed E-state index contributed by atoms with van der Waals surface area (Å²) in [6, 6.07) is 0. The zero-order chi connectivity index (χ0) is 14.2. The Hall–Kier alpha value is -1.15. The molecule has 1 N–H and O–H groups in total. The molecule has 0 saturated carbocycles. The van der Waals surface area contributed by atoms with Crippen molar-refractivity contribution in [1.29, 1.82) is 0 Å². The number of rotatable bonds is 3. The molecule has 8 heteroatoms. The predicted octanol–water partition coefficient (Wildman–Crippen LogP) is 2.67. The van der Waals surface area contributed by atoms with Gasteiger partial charge in [-0.05, 0) is 25.9 Å². The van der Waals surface area contributed by atoms with Gasteiger partial charge in [0, 0.05) is 17.4 Å². The molecule has 5 nitrogen and oxygen atoms in total. The largest absolute Gasteiger partial charge is 0.610 e. The van der Waals surface area contributed by atoms with E-state index >= 15 is 0 Å². The van der Waals surface area contributed by atoms with E-state index in [0.29, 0.717) is 11.5 Å². The van der Waals surface area contributed by atoms with Crippen LogP contribution in [0.15, 0.2) is 11.4 Å². The van der Waals surface area contributed by atoms with E-state index < -0.39 is 28.5 Å². The fourth-order valence-corrected chi connectivity index (χ4v) is 3.27. The molecule has 0 fully saturated rings. The van der Waals surface area contributed by atoms with E-state index in [1.165, 1.54) is 6.20 Å². The van der Waals surface area contributed by atoms with E-state index in [1.807, 2.05) is 13.8 Å². The summed E-state index contributed by atoms with van der Waals surface area (Å²) in [5.41, 5.74) is -0.604. The Balaban J connectivity index is 2.16. The van der Waals surface area contributed by atoms with Gasteiger partial charge in [-0.2, -0.15) is 5.10 Å². The number of aromatic amines is 1. The Morgan fingerprint density at radius 3 is 2.74 bits per heavy atom. The number of alkyl halides is 2. The first-order chi connectivity index (χ1) is 8.82. The number of aromatic nitrogens is 2. The number of hydrogen-bond donors (Lipinski definition) is 1. The third kappa shape index (κ3) is 2.89. The summed E-state index contributed by atoms with van der Waals surface area (Å²) in [4.78, 5) is 5.14. The molecule has 0 aromatic carbocycles. The highest BCUT2D eigenvalue weighted by atomic mass is 32.2. The van der Waals surface area contributed by atoms with Crippen molar-refractivity contribution in [3.63, 3.8) is 0 Å². The zero-order valence-corrected chi connectivity index (χ0v) is 11.6. The van der Waals surface area contributed by atoms with Crippen molar-refractivity contribution in [1.82, 2.24) is 10.2 Å². The second-order valence-electron chi connectivity index (χ2n) is 4.98. The van der Waals surface area contributed by atoms with Gasteiger partial charge in [-0.15, -0.1) is 0 Å². The van der Waals surface area contributed by atoms with Crippen LogP contribution >= 0.6 is 0 Å². The molecule has 1 aromatic rings. The second kappa shape index (κ2) is 5.09. The molecule has 0 spiro atoms. The Morgan fingerprint density at radius 2 is 2.21 bits per heavy atom. The SMILES string of the molecule is CC(c1c[nH]nc1C(F)F)[S+]([O-])C1=NOC(C)(C)C1. The average molecular weight is 291 g/mol. The van der Waals surface area contributed by atoms with Crippen molar-refractivity contribution >= 4 is 16.2 Å². The molecule has 2 heterocycles. The molecule has 1 aliphatic rings. The fourth-order valence-electron chi connectivity index (χ4n) is 1.84. The number of halogens is 2. The lowest BCUT2D eigenvalue weighted by Crippen LogP contribution is -2.25. The summed E-state index contributed by atoms with van der Waals surface area (Å²) in [6.45, 7) is 5.27. The van der Waals surface area contributed by atoms with E-state index in [9.17, 15) is 13.3 Å². The van der Waals surface area contributed by atoms with Crippen molar-refractivity contribution in [3.8, 4) is 0 Å². The van der Waals surface area contributed by atoms with Gasteiger partial charge >= 0.3 is 0 Å². The van der Waals surface area contributed by atoms with Crippen LogP contribution in [-0.2, 0) is 16.0 Å². The molecule has 0 amide bonds. The van der Waals surface area contributed by atoms with Crippen LogP contribution in [0.3, 0.4) is 0 Å². The van der Waals surface area contributed by atoms with E-state index in [-0.39, 0.29) is 11.3 Å². The van der Waals surface area contributed by atoms with Crippen molar-refractivity contribution in [2.24, 2.45) is 5.16 Å². The molecule has 2 unspecified atom stereocenters. The molecular formula is C11H15F2N3O2S. The Morgan fingerprint density at radius 1 is 1.53 bits per heavy atom. The Bertz CT molecular complexity index is 490. The summed E-state index contributed by atoms with van der Waals surface area (Å²) >= 11 is -1.51. The van der Waals surface area contributed by atoms with Gasteiger partial charge in [0.1, 0.15) is 16.5 Å². The maximum atomic E-state index is 12.7. The lowest BCUT2D eigenvalue weighted by Gasteiger charge is -2.17. The number of H-pyrrole nitrogens is 1. The number of oxime groups is 1. The summed E-state index contributed by atoms with van der Waals surface area (Å²) in [7, 11) is 0. The van der Waals surface area contributed by atoms with Gasteiger partial charge in [0.2, 0.25) is 0 Å². The monoisotopic (exact) mass is 291 g/mol. The van der Waals surface area contributed by atoms with Crippen LogP contribution in [0.5, 0.6) is 0 Å². The molecule has 2 atom stereocenters. The molecule has 19 heavy (non-hydrogen) atoms. The topological polar surface area (TPSA) is 73.3 Å². The van der Waals surface area contributed by atoms with Crippen molar-refractivity contribution < 1.29 is 18.2 Å². The summed E-state index contributed by atoms with van der Waals surface area (Å²) in [5.74, 6) is 0. The number of hydrogen-bond acceptors (Lipinski definition) is 4. The van der Waals surface area contributed by atoms with Crippen molar-refractivity contribution in [2.75, 3.05) is 0 Å². The maximum absolute atomic E-state index is 12.7. The lowest BCUT2D eigenvalue weighted by molar-refractivity contribution is 0.0123. The highest BCUT2D eigenvalue weighted by Gasteiger charge is 2.39. The van der Waals surface area contributed by atoms with Crippen LogP contribution < -0.4 is 0 Å². The molecule has 0 aliphatic carbocycles. The summed E-state index contributed by atoms with van der Waals surface area (Å²) in [6.07, 6.45) is -0.920. The van der Waals surface area contributed by atoms with E-state index in [0.717, 1.165) is 0 Å². The van der Waals surface area contributed by atoms with Crippen LogP contribution in [0.1, 0.15) is 50.1 Å². The van der Waals surface area contributed by atoms with Crippen molar-refractivity contribution in [3.05, 3.63) is 17.5 Å². The third-order valence-electron chi connectivity index (χ3n) is 2.87. The van der Waals surface area contributed by atoms with Crippen LogP contribution in [0.2, 0.25) is 0 Å². The van der Waals surface area contributed by atoms with Crippen LogP contribution in [0.4, 0.5) is 8.78 Å². The van der Waals surface area contributed by atoms with Crippen LogP contribution in [-0.4, -0.2) is 25.4 Å². The molecule has 1 aliphatic heterocycles. The van der Waals surface area contributed by atoms with Crippen LogP contribution in [0.25, 0.3) is 0 Å². The Labute approximate surface area is 112 Å². The first-order valence-corrected chi connectivity index (χ1v) is 7.00. The first kappa shape index (κ1) is 14.3. The normalized spacial score (nSPS) is 21.1. The van der Waals surface area contributed by atoms with Gasteiger partial charge in [-0.3, -0.25) is 5.10 Å². The molecule has 0 bridgehead atoms. The fraction of sp³-hybridized carbons (Fsp3) is 0.636. The lowest BCUT2D eigenvalue weighted by atomic mass is 10.1. The second-order valence-corrected chi connectivity index (χ2v) is 6.75. The molecule has 1 aromatic heterocycles. The summed E-state index contributed by atoms with van der Waals surface area (Å²) < 4.78 is 37.8. The zero-order valence-electron chi connectivity index (χ0n) is 10.8. The van der Waals surface area contributed by atoms with E-state index in [4.69, 9.17) is 4.84 Å². The van der Waals surface area contributed by atoms with Gasteiger partial charge < -0.3 is 9.39 Å². The standard InChI is InChI=1S/C11H15F2N3O2S/c1-6(7-5-14-15-9(7)10(12)13)19(17)8-4-11(2,3)18-16-8/h5-6,10H,4H2,1-3H3,(H,14,15). The minimum absolute atomic E-state index is 0.251. The minimum atomic E-state index is -2.70. The minimum Gasteiger partial charge on any atom is -0.610 e. The molecule has 0 saturated heterocycles. The summed E-state index contributed by atoms with van der Waals surface area (Å²) in [5, 5.41) is 9.45. The average Bonchev–Trinajstić information content (AvgIpc) is 2.93. The maximum Gasteiger partial charge on any atom is 0.282 e. The smallest absolute Gasteiger partial charge is 0.282 e. The van der Waals surface area contributed by atoms with E-state index in [2.05, 4.69) is 15.4 Å². The van der Waals surface area contributed by atoms with Crippen LogP contribution in [0, 0.1) is 0 Å². The predicted molar refractivity (Wildman–Crippen MR) is 67.3 cm³/mol.